The van der Waals surface area contributed by atoms with E-state index < -0.39 is 53.8 Å². The first-order chi connectivity index (χ1) is 28.6. The number of amides is 3. The molecule has 1 aliphatic carbocycles. The molecule has 3 aromatic rings. The molecule has 61 heavy (non-hydrogen) atoms. The number of aliphatic hydroxyl groups is 1. The van der Waals surface area contributed by atoms with Gasteiger partial charge >= 0.3 is 12.1 Å². The molecule has 3 amide bonds. The number of hydrogen-bond acceptors (Lipinski definition) is 9. The molecule has 13 nitrogen and oxygen atoms in total. The molecular formula is C43H50F5N5O8. The fourth-order valence-electron chi connectivity index (χ4n) is 7.60. The number of hydrogen-bond donors (Lipinski definition) is 3. The molecule has 4 atom stereocenters. The maximum atomic E-state index is 15.0. The number of nitrogens with two attached hydrogens (primary N) is 1. The van der Waals surface area contributed by atoms with Crippen LogP contribution in [0.4, 0.5) is 22.0 Å². The maximum absolute atomic E-state index is 15.0. The van der Waals surface area contributed by atoms with E-state index in [2.05, 4.69) is 0 Å². The Kier molecular flexibility index (Phi) is 16.4. The van der Waals surface area contributed by atoms with Crippen molar-refractivity contribution in [2.24, 2.45) is 23.0 Å². The van der Waals surface area contributed by atoms with Crippen LogP contribution in [0.15, 0.2) is 66.9 Å². The second-order valence-electron chi connectivity index (χ2n) is 16.2. The number of nitrogens with zero attached hydrogens (tertiary/aromatic N) is 4. The fraction of sp³-hybridized carbons (Fsp3) is 0.465. The number of benzene rings is 2. The minimum Gasteiger partial charge on any atom is -0.475 e. The molecule has 1 saturated carbocycles. The zero-order valence-corrected chi connectivity index (χ0v) is 34.0. The Morgan fingerprint density at radius 1 is 0.984 bits per heavy atom. The second-order valence-corrected chi connectivity index (χ2v) is 16.2. The molecule has 0 unspecified atom stereocenters. The third-order valence-corrected chi connectivity index (χ3v) is 10.6. The van der Waals surface area contributed by atoms with Gasteiger partial charge in [0.05, 0.1) is 17.8 Å². The van der Waals surface area contributed by atoms with Crippen molar-refractivity contribution < 1.29 is 60.9 Å². The van der Waals surface area contributed by atoms with Crippen LogP contribution in [0, 0.1) is 28.9 Å². The first kappa shape index (κ1) is 48.1. The van der Waals surface area contributed by atoms with Crippen LogP contribution in [0.3, 0.4) is 0 Å². The summed E-state index contributed by atoms with van der Waals surface area (Å²) in [5.41, 5.74) is 7.71. The highest BCUT2D eigenvalue weighted by Crippen LogP contribution is 2.40. The number of carbonyl (C=O) groups excluding carboxylic acids is 5. The van der Waals surface area contributed by atoms with Crippen LogP contribution in [-0.4, -0.2) is 97.0 Å². The first-order valence-electron chi connectivity index (χ1n) is 19.7. The maximum Gasteiger partial charge on any atom is 0.490 e. The summed E-state index contributed by atoms with van der Waals surface area (Å²) in [5, 5.41) is 22.0. The summed E-state index contributed by atoms with van der Waals surface area (Å²) in [6, 6.07) is 10.9. The number of Topliss-reactive ketones (excluding diaryl/α,β-unsaturated/α-hetero) is 2. The SMILES string of the molecule is CC(C)(C)[C@H](c1nn(-c2cc(F)ccc2F)cc1Cc1ccccc1)N(CC[C@H](N)C(=O)C[C@H]1CC[C@H](C(=O)CCCN2C(=O)C=CC2=O)C1)C(=O)CO.O=C(O)C(F)(F)F. The normalized spacial score (nSPS) is 17.5. The molecule has 2 heterocycles. The molecule has 0 bridgehead atoms. The summed E-state index contributed by atoms with van der Waals surface area (Å²) in [6.45, 7) is 5.14. The van der Waals surface area contributed by atoms with Crippen molar-refractivity contribution in [2.45, 2.75) is 90.4 Å². The number of halogens is 5. The fourth-order valence-corrected chi connectivity index (χ4v) is 7.60. The van der Waals surface area contributed by atoms with Crippen LogP contribution >= 0.6 is 0 Å². The highest BCUT2D eigenvalue weighted by Gasteiger charge is 2.40. The van der Waals surface area contributed by atoms with E-state index in [0.29, 0.717) is 43.4 Å². The molecule has 1 aliphatic heterocycles. The Labute approximate surface area is 349 Å². The quantitative estimate of drug-likeness (QED) is 0.113. The molecule has 0 spiro atoms. The van der Waals surface area contributed by atoms with Crippen molar-refractivity contribution in [3.05, 3.63) is 95.3 Å². The van der Waals surface area contributed by atoms with Crippen molar-refractivity contribution in [3.63, 3.8) is 0 Å². The van der Waals surface area contributed by atoms with Crippen LogP contribution in [0.25, 0.3) is 5.69 Å². The summed E-state index contributed by atoms with van der Waals surface area (Å²) in [6.07, 6.45) is 2.18. The Hall–Kier alpha value is -5.62. The standard InChI is InChI=1S/C41H49F2N5O6.C2HF3O2/c1-41(2,3)40(39-29(20-26-8-5-4-6-9-26)24-48(45-39)33-23-30(42)13-14-31(33)43)47(38(54)25-49)19-17-32(44)35(51)22-27-11-12-28(21-27)34(50)10-7-18-46-36(52)15-16-37(46)53;3-2(4,5)1(6)7/h4-6,8-9,13-16,23-24,27-28,32,40,49H,7,10-12,17-22,25,44H2,1-3H3;(H,6,7)/t27-,28-,32-,40-;/m0./s1. The Morgan fingerprint density at radius 2 is 1.62 bits per heavy atom. The summed E-state index contributed by atoms with van der Waals surface area (Å²) in [4.78, 5) is 74.8. The van der Waals surface area contributed by atoms with E-state index in [1.54, 1.807) is 6.20 Å². The number of aliphatic hydroxyl groups excluding tert-OH is 1. The number of alkyl halides is 3. The van der Waals surface area contributed by atoms with Crippen LogP contribution in [0.5, 0.6) is 0 Å². The lowest BCUT2D eigenvalue weighted by Gasteiger charge is -2.40. The molecule has 1 fully saturated rings. The van der Waals surface area contributed by atoms with E-state index >= 15 is 4.39 Å². The van der Waals surface area contributed by atoms with Gasteiger partial charge in [0, 0.05) is 68.2 Å². The number of carboxylic acid groups (broad SMARTS) is 1. The van der Waals surface area contributed by atoms with E-state index in [9.17, 15) is 46.6 Å². The van der Waals surface area contributed by atoms with Crippen molar-refractivity contribution in [3.8, 4) is 5.69 Å². The van der Waals surface area contributed by atoms with Gasteiger partial charge in [0.15, 0.2) is 0 Å². The minimum absolute atomic E-state index is 0.0174. The molecule has 18 heteroatoms. The number of ketones is 2. The largest absolute Gasteiger partial charge is 0.490 e. The number of carbonyl (C=O) groups is 6. The molecule has 2 aromatic carbocycles. The Bertz CT molecular complexity index is 2080. The Balaban J connectivity index is 0.00000107. The van der Waals surface area contributed by atoms with Crippen LogP contribution in [-0.2, 0) is 35.2 Å². The summed E-state index contributed by atoms with van der Waals surface area (Å²) >= 11 is 0. The number of aromatic nitrogens is 2. The smallest absolute Gasteiger partial charge is 0.475 e. The van der Waals surface area contributed by atoms with Crippen LogP contribution in [0.1, 0.15) is 88.6 Å². The van der Waals surface area contributed by atoms with Crippen molar-refractivity contribution in [1.29, 1.82) is 0 Å². The average Bonchev–Trinajstić information content (AvgIpc) is 3.92. The second kappa shape index (κ2) is 20.8. The van der Waals surface area contributed by atoms with Gasteiger partial charge in [-0.3, -0.25) is 28.9 Å². The topological polar surface area (TPSA) is 193 Å². The molecule has 1 aromatic heterocycles. The van der Waals surface area contributed by atoms with E-state index in [4.69, 9.17) is 20.7 Å². The van der Waals surface area contributed by atoms with Crippen molar-refractivity contribution >= 4 is 35.3 Å². The lowest BCUT2D eigenvalue weighted by atomic mass is 9.81. The summed E-state index contributed by atoms with van der Waals surface area (Å²) in [7, 11) is 0. The van der Waals surface area contributed by atoms with Crippen molar-refractivity contribution in [1.82, 2.24) is 19.6 Å². The molecular weight excluding hydrogens is 809 g/mol. The van der Waals surface area contributed by atoms with E-state index in [0.717, 1.165) is 28.7 Å². The zero-order chi connectivity index (χ0) is 45.2. The van der Waals surface area contributed by atoms with Gasteiger partial charge in [-0.15, -0.1) is 0 Å². The number of aliphatic carboxylic acids is 1. The van der Waals surface area contributed by atoms with E-state index in [-0.39, 0.29) is 73.3 Å². The minimum atomic E-state index is -5.08. The van der Waals surface area contributed by atoms with Gasteiger partial charge in [-0.2, -0.15) is 18.3 Å². The van der Waals surface area contributed by atoms with Gasteiger partial charge in [-0.05, 0) is 61.1 Å². The summed E-state index contributed by atoms with van der Waals surface area (Å²) < 4.78 is 62.3. The predicted molar refractivity (Wildman–Crippen MR) is 211 cm³/mol. The summed E-state index contributed by atoms with van der Waals surface area (Å²) in [5.74, 6) is -5.77. The van der Waals surface area contributed by atoms with E-state index in [1.807, 2.05) is 51.1 Å². The van der Waals surface area contributed by atoms with Gasteiger partial charge in [-0.1, -0.05) is 51.1 Å². The van der Waals surface area contributed by atoms with Crippen LogP contribution in [0.2, 0.25) is 0 Å². The van der Waals surface area contributed by atoms with E-state index in [1.165, 1.54) is 21.7 Å². The zero-order valence-electron chi connectivity index (χ0n) is 34.0. The third kappa shape index (κ3) is 13.2. The molecule has 4 N–H and O–H groups in total. The lowest BCUT2D eigenvalue weighted by molar-refractivity contribution is -0.192. The highest BCUT2D eigenvalue weighted by molar-refractivity contribution is 6.12. The van der Waals surface area contributed by atoms with Crippen LogP contribution < -0.4 is 5.73 Å². The van der Waals surface area contributed by atoms with Gasteiger partial charge in [-0.25, -0.2) is 18.3 Å². The predicted octanol–water partition coefficient (Wildman–Crippen LogP) is 5.65. The molecule has 0 saturated heterocycles. The van der Waals surface area contributed by atoms with Gasteiger partial charge < -0.3 is 20.8 Å². The monoisotopic (exact) mass is 859 g/mol. The Morgan fingerprint density at radius 3 is 2.21 bits per heavy atom. The van der Waals surface area contributed by atoms with Gasteiger partial charge in [0.2, 0.25) is 5.91 Å². The first-order valence-corrected chi connectivity index (χ1v) is 19.7. The third-order valence-electron chi connectivity index (χ3n) is 10.6. The number of carboxylic acids is 1. The number of imide groups is 1. The molecule has 0 radical (unpaired) electrons. The van der Waals surface area contributed by atoms with Gasteiger partial charge in [0.1, 0.15) is 35.5 Å². The average molecular weight is 860 g/mol. The number of rotatable bonds is 17. The molecule has 2 aliphatic rings. The van der Waals surface area contributed by atoms with Crippen molar-refractivity contribution in [2.75, 3.05) is 19.7 Å². The lowest BCUT2D eigenvalue weighted by Crippen LogP contribution is -2.46. The molecule has 330 valence electrons. The highest BCUT2D eigenvalue weighted by atomic mass is 19.4. The van der Waals surface area contributed by atoms with Gasteiger partial charge in [0.25, 0.3) is 11.8 Å². The molecule has 5 rings (SSSR count).